The fourth-order valence-electron chi connectivity index (χ4n) is 4.42. The van der Waals surface area contributed by atoms with Crippen LogP contribution in [0.2, 0.25) is 0 Å². The van der Waals surface area contributed by atoms with Gasteiger partial charge in [-0.3, -0.25) is 9.69 Å². The Labute approximate surface area is 180 Å². The summed E-state index contributed by atoms with van der Waals surface area (Å²) in [7, 11) is 1.66. The second-order valence-corrected chi connectivity index (χ2v) is 7.93. The maximum Gasteiger partial charge on any atom is 0.231 e. The highest BCUT2D eigenvalue weighted by Crippen LogP contribution is 2.32. The molecule has 1 aliphatic heterocycles. The van der Waals surface area contributed by atoms with Gasteiger partial charge in [0.2, 0.25) is 5.91 Å². The Balaban J connectivity index is 1.38. The number of nitrogens with one attached hydrogen (secondary N) is 1. The number of hydrogen-bond donors (Lipinski definition) is 1. The van der Waals surface area contributed by atoms with Crippen molar-refractivity contribution in [3.05, 3.63) is 72.2 Å². The second-order valence-electron chi connectivity index (χ2n) is 7.93. The van der Waals surface area contributed by atoms with E-state index in [-0.39, 0.29) is 11.8 Å². The number of aryl methyl sites for hydroxylation is 1. The van der Waals surface area contributed by atoms with Gasteiger partial charge in [0.05, 0.1) is 7.11 Å². The van der Waals surface area contributed by atoms with Gasteiger partial charge in [0, 0.05) is 41.5 Å². The number of carbonyl (C=O) groups is 1. The molecule has 4 aromatic rings. The van der Waals surface area contributed by atoms with Gasteiger partial charge in [-0.15, -0.1) is 0 Å². The molecule has 156 valence electrons. The lowest BCUT2D eigenvalue weighted by Gasteiger charge is -2.18. The van der Waals surface area contributed by atoms with E-state index in [0.717, 1.165) is 51.4 Å². The van der Waals surface area contributed by atoms with E-state index in [1.165, 1.54) is 0 Å². The van der Waals surface area contributed by atoms with Gasteiger partial charge in [0.1, 0.15) is 17.2 Å². The Kier molecular flexibility index (Phi) is 4.90. The number of ether oxygens (including phenoxy) is 1. The van der Waals surface area contributed by atoms with Crippen molar-refractivity contribution in [2.24, 2.45) is 5.92 Å². The van der Waals surface area contributed by atoms with Gasteiger partial charge in [-0.2, -0.15) is 0 Å². The topological polar surface area (TPSA) is 71.1 Å². The molecule has 1 amide bonds. The van der Waals surface area contributed by atoms with E-state index in [4.69, 9.17) is 9.72 Å². The maximum absolute atomic E-state index is 13.1. The molecule has 0 aliphatic carbocycles. The summed E-state index contributed by atoms with van der Waals surface area (Å²) in [5.74, 6) is 1.65. The van der Waals surface area contributed by atoms with Gasteiger partial charge in [-0.1, -0.05) is 12.1 Å². The third kappa shape index (κ3) is 3.54. The van der Waals surface area contributed by atoms with Crippen LogP contribution in [0.4, 0.5) is 5.82 Å². The summed E-state index contributed by atoms with van der Waals surface area (Å²) >= 11 is 0. The van der Waals surface area contributed by atoms with Crippen molar-refractivity contribution < 1.29 is 9.53 Å². The normalized spacial score (nSPS) is 16.3. The van der Waals surface area contributed by atoms with E-state index in [1.807, 2.05) is 60.5 Å². The monoisotopic (exact) mass is 412 g/mol. The van der Waals surface area contributed by atoms with E-state index >= 15 is 0 Å². The summed E-state index contributed by atoms with van der Waals surface area (Å²) in [6.45, 7) is 2.68. The quantitative estimate of drug-likeness (QED) is 0.523. The average molecular weight is 412 g/mol. The summed E-state index contributed by atoms with van der Waals surface area (Å²) in [4.78, 5) is 27.2. The predicted molar refractivity (Wildman–Crippen MR) is 121 cm³/mol. The number of rotatable bonds is 5. The molecule has 31 heavy (non-hydrogen) atoms. The second kappa shape index (κ2) is 7.87. The molecule has 0 bridgehead atoms. The highest BCUT2D eigenvalue weighted by molar-refractivity contribution is 5.97. The van der Waals surface area contributed by atoms with Crippen LogP contribution in [-0.4, -0.2) is 34.5 Å². The zero-order valence-corrected chi connectivity index (χ0v) is 17.6. The van der Waals surface area contributed by atoms with Crippen LogP contribution in [0.1, 0.15) is 17.7 Å². The Morgan fingerprint density at radius 1 is 1.16 bits per heavy atom. The first-order chi connectivity index (χ1) is 15.1. The molecule has 1 fully saturated rings. The van der Waals surface area contributed by atoms with Crippen LogP contribution in [0.3, 0.4) is 0 Å². The fraction of sp³-hybridized carbons (Fsp3) is 0.240. The standard InChI is InChI=1S/C25H24N4O2/c1-16-20(21-8-11-26-24-22(21)9-12-27-24)6-7-23(28-16)29-13-10-18(25(29)30)14-17-4-3-5-19(15-17)31-2/h3-9,11-12,15,18H,10,13-14H2,1-2H3,(H,26,27). The first-order valence-electron chi connectivity index (χ1n) is 10.5. The van der Waals surface area contributed by atoms with Gasteiger partial charge < -0.3 is 9.72 Å². The minimum Gasteiger partial charge on any atom is -0.497 e. The molecular weight excluding hydrogens is 388 g/mol. The predicted octanol–water partition coefficient (Wildman–Crippen LogP) is 4.54. The minimum atomic E-state index is -0.0337. The zero-order valence-electron chi connectivity index (χ0n) is 17.6. The molecule has 1 aromatic carbocycles. The Bertz CT molecular complexity index is 1260. The lowest BCUT2D eigenvalue weighted by atomic mass is 9.98. The highest BCUT2D eigenvalue weighted by Gasteiger charge is 2.33. The number of amides is 1. The molecule has 4 heterocycles. The molecule has 6 nitrogen and oxygen atoms in total. The lowest BCUT2D eigenvalue weighted by Crippen LogP contribution is -2.28. The number of hydrogen-bond acceptors (Lipinski definition) is 4. The van der Waals surface area contributed by atoms with Crippen molar-refractivity contribution in [1.82, 2.24) is 15.0 Å². The first kappa shape index (κ1) is 19.3. The van der Waals surface area contributed by atoms with E-state index in [1.54, 1.807) is 13.3 Å². The number of H-pyrrole nitrogens is 1. The number of aromatic amines is 1. The molecular formula is C25H24N4O2. The van der Waals surface area contributed by atoms with E-state index in [0.29, 0.717) is 13.0 Å². The minimum absolute atomic E-state index is 0.0337. The van der Waals surface area contributed by atoms with Gasteiger partial charge in [0.25, 0.3) is 0 Å². The highest BCUT2D eigenvalue weighted by atomic mass is 16.5. The van der Waals surface area contributed by atoms with Crippen LogP contribution in [0, 0.1) is 12.8 Å². The van der Waals surface area contributed by atoms with Crippen molar-refractivity contribution in [2.75, 3.05) is 18.6 Å². The Hall–Kier alpha value is -3.67. The van der Waals surface area contributed by atoms with Crippen molar-refractivity contribution in [2.45, 2.75) is 19.8 Å². The van der Waals surface area contributed by atoms with E-state index < -0.39 is 0 Å². The molecule has 1 unspecified atom stereocenters. The molecule has 3 aromatic heterocycles. The molecule has 1 aliphatic rings. The molecule has 0 spiro atoms. The number of pyridine rings is 2. The van der Waals surface area contributed by atoms with Gasteiger partial charge in [0.15, 0.2) is 0 Å². The van der Waals surface area contributed by atoms with Crippen molar-refractivity contribution in [3.63, 3.8) is 0 Å². The number of aromatic nitrogens is 3. The number of fused-ring (bicyclic) bond motifs is 1. The molecule has 1 atom stereocenters. The maximum atomic E-state index is 13.1. The first-order valence-corrected chi connectivity index (χ1v) is 10.5. The smallest absolute Gasteiger partial charge is 0.231 e. The molecule has 0 radical (unpaired) electrons. The molecule has 6 heteroatoms. The third-order valence-electron chi connectivity index (χ3n) is 6.03. The summed E-state index contributed by atoms with van der Waals surface area (Å²) < 4.78 is 5.31. The largest absolute Gasteiger partial charge is 0.497 e. The number of carbonyl (C=O) groups excluding carboxylic acids is 1. The van der Waals surface area contributed by atoms with Crippen LogP contribution in [-0.2, 0) is 11.2 Å². The van der Waals surface area contributed by atoms with Crippen molar-refractivity contribution >= 4 is 22.8 Å². The lowest BCUT2D eigenvalue weighted by molar-refractivity contribution is -0.120. The van der Waals surface area contributed by atoms with Crippen molar-refractivity contribution in [1.29, 1.82) is 0 Å². The van der Waals surface area contributed by atoms with E-state index in [2.05, 4.69) is 16.0 Å². The zero-order chi connectivity index (χ0) is 21.4. The number of benzene rings is 1. The molecule has 0 saturated carbocycles. The van der Waals surface area contributed by atoms with E-state index in [9.17, 15) is 4.79 Å². The Morgan fingerprint density at radius 2 is 2.06 bits per heavy atom. The van der Waals surface area contributed by atoms with Gasteiger partial charge >= 0.3 is 0 Å². The number of methoxy groups -OCH3 is 1. The fourth-order valence-corrected chi connectivity index (χ4v) is 4.42. The summed E-state index contributed by atoms with van der Waals surface area (Å²) in [5.41, 5.74) is 5.01. The average Bonchev–Trinajstić information content (AvgIpc) is 3.41. The molecule has 1 saturated heterocycles. The third-order valence-corrected chi connectivity index (χ3v) is 6.03. The Morgan fingerprint density at radius 3 is 2.90 bits per heavy atom. The molecule has 1 N–H and O–H groups in total. The van der Waals surface area contributed by atoms with Crippen LogP contribution < -0.4 is 9.64 Å². The van der Waals surface area contributed by atoms with Gasteiger partial charge in [-0.05, 0) is 67.3 Å². The van der Waals surface area contributed by atoms with Crippen LogP contribution in [0.25, 0.3) is 22.2 Å². The SMILES string of the molecule is COc1cccc(CC2CCN(c3ccc(-c4ccnc5[nH]ccc45)c(C)n3)C2=O)c1. The van der Waals surface area contributed by atoms with Gasteiger partial charge in [-0.25, -0.2) is 9.97 Å². The van der Waals surface area contributed by atoms with Crippen LogP contribution in [0.15, 0.2) is 60.9 Å². The summed E-state index contributed by atoms with van der Waals surface area (Å²) in [5, 5.41) is 1.07. The molecule has 5 rings (SSSR count). The number of anilines is 1. The summed E-state index contributed by atoms with van der Waals surface area (Å²) in [6.07, 6.45) is 5.23. The van der Waals surface area contributed by atoms with Crippen molar-refractivity contribution in [3.8, 4) is 16.9 Å². The van der Waals surface area contributed by atoms with Crippen LogP contribution in [0.5, 0.6) is 5.75 Å². The summed E-state index contributed by atoms with van der Waals surface area (Å²) in [6, 6.07) is 16.0. The number of nitrogens with zero attached hydrogens (tertiary/aromatic N) is 3. The van der Waals surface area contributed by atoms with Crippen LogP contribution >= 0.6 is 0 Å².